The summed E-state index contributed by atoms with van der Waals surface area (Å²) in [4.78, 5) is 13.4. The number of rotatable bonds is 1. The van der Waals surface area contributed by atoms with Crippen molar-refractivity contribution in [2.45, 2.75) is 12.8 Å². The van der Waals surface area contributed by atoms with Gasteiger partial charge in [-0.2, -0.15) is 0 Å². The molecule has 2 rings (SSSR count). The molecule has 0 saturated carbocycles. The van der Waals surface area contributed by atoms with Crippen molar-refractivity contribution in [2.75, 3.05) is 18.4 Å². The minimum absolute atomic E-state index is 0.129. The van der Waals surface area contributed by atoms with Crippen LogP contribution in [-0.2, 0) is 0 Å². The molecular formula is C11H12ClFN2O. The first kappa shape index (κ1) is 11.2. The Kier molecular flexibility index (Phi) is 3.29. The predicted octanol–water partition coefficient (Wildman–Crippen LogP) is 3.11. The van der Waals surface area contributed by atoms with E-state index < -0.39 is 5.82 Å². The molecule has 86 valence electrons. The molecule has 1 aromatic rings. The molecule has 1 aliphatic rings. The fourth-order valence-corrected chi connectivity index (χ4v) is 1.88. The first-order chi connectivity index (χ1) is 7.66. The lowest BCUT2D eigenvalue weighted by Gasteiger charge is -2.16. The molecule has 2 amide bonds. The van der Waals surface area contributed by atoms with Gasteiger partial charge in [-0.05, 0) is 31.0 Å². The van der Waals surface area contributed by atoms with Gasteiger partial charge in [0.2, 0.25) is 0 Å². The van der Waals surface area contributed by atoms with Gasteiger partial charge in [0.1, 0.15) is 5.82 Å². The van der Waals surface area contributed by atoms with Crippen LogP contribution in [0.25, 0.3) is 0 Å². The van der Waals surface area contributed by atoms with Gasteiger partial charge in [0.15, 0.2) is 0 Å². The molecule has 1 N–H and O–H groups in total. The van der Waals surface area contributed by atoms with E-state index in [2.05, 4.69) is 5.32 Å². The van der Waals surface area contributed by atoms with Crippen LogP contribution in [0.15, 0.2) is 18.2 Å². The van der Waals surface area contributed by atoms with E-state index in [1.807, 2.05) is 0 Å². The average Bonchev–Trinajstić information content (AvgIpc) is 2.76. The van der Waals surface area contributed by atoms with Gasteiger partial charge in [0.05, 0.1) is 5.69 Å². The fraction of sp³-hybridized carbons (Fsp3) is 0.364. The van der Waals surface area contributed by atoms with E-state index in [0.717, 1.165) is 25.9 Å². The highest BCUT2D eigenvalue weighted by atomic mass is 35.5. The lowest BCUT2D eigenvalue weighted by Crippen LogP contribution is -2.32. The van der Waals surface area contributed by atoms with Gasteiger partial charge in [0, 0.05) is 18.1 Å². The van der Waals surface area contributed by atoms with Crippen LogP contribution in [-0.4, -0.2) is 24.0 Å². The highest BCUT2D eigenvalue weighted by Crippen LogP contribution is 2.20. The van der Waals surface area contributed by atoms with E-state index in [-0.39, 0.29) is 11.7 Å². The van der Waals surface area contributed by atoms with Crippen molar-refractivity contribution >= 4 is 23.3 Å². The van der Waals surface area contributed by atoms with E-state index in [1.165, 1.54) is 18.2 Å². The lowest BCUT2D eigenvalue weighted by molar-refractivity contribution is 0.222. The maximum Gasteiger partial charge on any atom is 0.321 e. The number of nitrogens with zero attached hydrogens (tertiary/aromatic N) is 1. The van der Waals surface area contributed by atoms with E-state index in [1.54, 1.807) is 4.90 Å². The summed E-state index contributed by atoms with van der Waals surface area (Å²) < 4.78 is 13.3. The van der Waals surface area contributed by atoms with Crippen molar-refractivity contribution < 1.29 is 9.18 Å². The van der Waals surface area contributed by atoms with Crippen molar-refractivity contribution in [2.24, 2.45) is 0 Å². The normalized spacial score (nSPS) is 15.2. The van der Waals surface area contributed by atoms with Gasteiger partial charge in [-0.25, -0.2) is 9.18 Å². The lowest BCUT2D eigenvalue weighted by atomic mass is 10.3. The van der Waals surface area contributed by atoms with Crippen LogP contribution in [0.1, 0.15) is 12.8 Å². The van der Waals surface area contributed by atoms with E-state index in [9.17, 15) is 9.18 Å². The molecule has 0 bridgehead atoms. The first-order valence-corrected chi connectivity index (χ1v) is 5.55. The molecule has 3 nitrogen and oxygen atoms in total. The summed E-state index contributed by atoms with van der Waals surface area (Å²) in [6.07, 6.45) is 2.01. The summed E-state index contributed by atoms with van der Waals surface area (Å²) in [5, 5.41) is 2.92. The Balaban J connectivity index is 2.07. The molecule has 1 fully saturated rings. The number of amides is 2. The van der Waals surface area contributed by atoms with Crippen LogP contribution >= 0.6 is 11.6 Å². The Morgan fingerprint density at radius 1 is 1.38 bits per heavy atom. The average molecular weight is 243 g/mol. The number of halogens is 2. The van der Waals surface area contributed by atoms with Crippen molar-refractivity contribution in [3.63, 3.8) is 0 Å². The number of urea groups is 1. The quantitative estimate of drug-likeness (QED) is 0.806. The maximum atomic E-state index is 13.3. The smallest absolute Gasteiger partial charge is 0.321 e. The van der Waals surface area contributed by atoms with Gasteiger partial charge < -0.3 is 10.2 Å². The van der Waals surface area contributed by atoms with Gasteiger partial charge >= 0.3 is 6.03 Å². The van der Waals surface area contributed by atoms with Gasteiger partial charge in [0.25, 0.3) is 0 Å². The third-order valence-electron chi connectivity index (χ3n) is 2.56. The largest absolute Gasteiger partial charge is 0.325 e. The second kappa shape index (κ2) is 4.70. The van der Waals surface area contributed by atoms with Crippen molar-refractivity contribution in [3.8, 4) is 0 Å². The number of hydrogen-bond donors (Lipinski definition) is 1. The zero-order chi connectivity index (χ0) is 11.5. The molecule has 16 heavy (non-hydrogen) atoms. The zero-order valence-corrected chi connectivity index (χ0v) is 9.43. The van der Waals surface area contributed by atoms with Crippen LogP contribution < -0.4 is 5.32 Å². The van der Waals surface area contributed by atoms with Crippen molar-refractivity contribution in [1.82, 2.24) is 4.90 Å². The third kappa shape index (κ3) is 2.44. The number of hydrogen-bond acceptors (Lipinski definition) is 1. The summed E-state index contributed by atoms with van der Waals surface area (Å²) in [6, 6.07) is 3.83. The highest BCUT2D eigenvalue weighted by molar-refractivity contribution is 6.30. The van der Waals surface area contributed by atoms with Crippen LogP contribution in [0.5, 0.6) is 0 Å². The Morgan fingerprint density at radius 2 is 2.06 bits per heavy atom. The summed E-state index contributed by atoms with van der Waals surface area (Å²) >= 11 is 5.73. The minimum Gasteiger partial charge on any atom is -0.325 e. The summed E-state index contributed by atoms with van der Waals surface area (Å²) in [7, 11) is 0. The monoisotopic (exact) mass is 242 g/mol. The number of carbonyl (C=O) groups excluding carboxylic acids is 1. The van der Waals surface area contributed by atoms with Gasteiger partial charge in [-0.3, -0.25) is 0 Å². The van der Waals surface area contributed by atoms with Crippen molar-refractivity contribution in [3.05, 3.63) is 29.0 Å². The van der Waals surface area contributed by atoms with E-state index in [4.69, 9.17) is 11.6 Å². The number of benzene rings is 1. The van der Waals surface area contributed by atoms with Gasteiger partial charge in [-0.1, -0.05) is 11.6 Å². The maximum absolute atomic E-state index is 13.3. The first-order valence-electron chi connectivity index (χ1n) is 5.18. The highest BCUT2D eigenvalue weighted by Gasteiger charge is 2.18. The second-order valence-corrected chi connectivity index (χ2v) is 4.18. The van der Waals surface area contributed by atoms with Crippen LogP contribution in [0.4, 0.5) is 14.9 Å². The number of nitrogens with one attached hydrogen (secondary N) is 1. The minimum atomic E-state index is -0.475. The van der Waals surface area contributed by atoms with Crippen LogP contribution in [0.3, 0.4) is 0 Å². The molecule has 1 saturated heterocycles. The standard InChI is InChI=1S/C11H12ClFN2O/c12-8-3-4-9(13)10(7-8)14-11(16)15-5-1-2-6-15/h3-4,7H,1-2,5-6H2,(H,14,16). The zero-order valence-electron chi connectivity index (χ0n) is 8.67. The molecule has 1 heterocycles. The molecule has 0 radical (unpaired) electrons. The van der Waals surface area contributed by atoms with E-state index in [0.29, 0.717) is 5.02 Å². The molecule has 0 aliphatic carbocycles. The topological polar surface area (TPSA) is 32.3 Å². The van der Waals surface area contributed by atoms with Crippen LogP contribution in [0.2, 0.25) is 5.02 Å². The van der Waals surface area contributed by atoms with Crippen molar-refractivity contribution in [1.29, 1.82) is 0 Å². The molecule has 0 atom stereocenters. The predicted molar refractivity (Wildman–Crippen MR) is 61.2 cm³/mol. The Labute approximate surface area is 98.2 Å². The summed E-state index contributed by atoms with van der Waals surface area (Å²) in [5.74, 6) is -0.475. The Morgan fingerprint density at radius 3 is 2.75 bits per heavy atom. The summed E-state index contributed by atoms with van der Waals surface area (Å²) in [6.45, 7) is 1.46. The molecule has 0 spiro atoms. The number of likely N-dealkylation sites (tertiary alicyclic amines) is 1. The Hall–Kier alpha value is -1.29. The molecule has 1 aliphatic heterocycles. The number of anilines is 1. The van der Waals surface area contributed by atoms with Gasteiger partial charge in [-0.15, -0.1) is 0 Å². The van der Waals surface area contributed by atoms with Crippen LogP contribution in [0, 0.1) is 5.82 Å². The van der Waals surface area contributed by atoms with E-state index >= 15 is 0 Å². The second-order valence-electron chi connectivity index (χ2n) is 3.75. The summed E-state index contributed by atoms with van der Waals surface area (Å²) in [5.41, 5.74) is 0.129. The SMILES string of the molecule is O=C(Nc1cc(Cl)ccc1F)N1CCCC1. The molecular weight excluding hydrogens is 231 g/mol. The Bertz CT molecular complexity index is 405. The third-order valence-corrected chi connectivity index (χ3v) is 2.80. The molecule has 0 aromatic heterocycles. The molecule has 1 aromatic carbocycles. The fourth-order valence-electron chi connectivity index (χ4n) is 1.71. The number of carbonyl (C=O) groups is 1. The molecule has 5 heteroatoms. The molecule has 0 unspecified atom stereocenters.